The van der Waals surface area contributed by atoms with Crippen molar-refractivity contribution >= 4 is 47.3 Å². The number of nitrogens with zero attached hydrogens (tertiary/aromatic N) is 6. The van der Waals surface area contributed by atoms with Gasteiger partial charge in [0, 0.05) is 44.6 Å². The number of piperidine rings is 1. The van der Waals surface area contributed by atoms with Gasteiger partial charge in [-0.2, -0.15) is 9.97 Å². The minimum atomic E-state index is -1.23. The number of ether oxygens (including phenoxy) is 2. The summed E-state index contributed by atoms with van der Waals surface area (Å²) >= 11 is 0. The molecule has 4 heterocycles. The number of hydrogen-bond donors (Lipinski definition) is 1. The SMILES string of the molecule is C[Si](C)(C)CCOCn1ccc2c(Oc3cccc([N+](=O)[O-])c3)nc(Nc3ccc4nc(CN5CCCCC5)ccc4c3)nc21. The zero-order valence-electron chi connectivity index (χ0n) is 26.0. The molecule has 234 valence electrons. The van der Waals surface area contributed by atoms with Crippen LogP contribution in [0.4, 0.5) is 17.3 Å². The molecular formula is C33H39N7O4Si. The van der Waals surface area contributed by atoms with Gasteiger partial charge in [-0.05, 0) is 68.4 Å². The van der Waals surface area contributed by atoms with Crippen molar-refractivity contribution in [2.45, 2.75) is 58.2 Å². The summed E-state index contributed by atoms with van der Waals surface area (Å²) in [4.78, 5) is 27.8. The first-order valence-corrected chi connectivity index (χ1v) is 19.2. The molecule has 1 saturated heterocycles. The summed E-state index contributed by atoms with van der Waals surface area (Å²) in [6, 6.07) is 19.2. The van der Waals surface area contributed by atoms with E-state index in [1.165, 1.54) is 31.4 Å². The summed E-state index contributed by atoms with van der Waals surface area (Å²) < 4.78 is 14.1. The Kier molecular flexibility index (Phi) is 9.06. The maximum Gasteiger partial charge on any atom is 0.273 e. The van der Waals surface area contributed by atoms with Gasteiger partial charge in [0.25, 0.3) is 5.69 Å². The van der Waals surface area contributed by atoms with Crippen molar-refractivity contribution in [3.05, 3.63) is 82.7 Å². The highest BCUT2D eigenvalue weighted by atomic mass is 28.3. The van der Waals surface area contributed by atoms with Crippen LogP contribution in [0.25, 0.3) is 21.9 Å². The smallest absolute Gasteiger partial charge is 0.273 e. The van der Waals surface area contributed by atoms with Crippen molar-refractivity contribution in [3.8, 4) is 11.6 Å². The van der Waals surface area contributed by atoms with Gasteiger partial charge in [0.2, 0.25) is 11.8 Å². The summed E-state index contributed by atoms with van der Waals surface area (Å²) in [5, 5.41) is 16.4. The highest BCUT2D eigenvalue weighted by Crippen LogP contribution is 2.32. The van der Waals surface area contributed by atoms with E-state index in [0.29, 0.717) is 36.1 Å². The average Bonchev–Trinajstić information content (AvgIpc) is 3.42. The van der Waals surface area contributed by atoms with Crippen LogP contribution in [-0.2, 0) is 18.0 Å². The molecule has 11 nitrogen and oxygen atoms in total. The molecular weight excluding hydrogens is 586 g/mol. The van der Waals surface area contributed by atoms with Gasteiger partial charge in [-0.3, -0.25) is 20.0 Å². The van der Waals surface area contributed by atoms with E-state index in [0.717, 1.165) is 48.0 Å². The lowest BCUT2D eigenvalue weighted by Crippen LogP contribution is -2.29. The molecule has 0 saturated carbocycles. The van der Waals surface area contributed by atoms with Crippen molar-refractivity contribution in [2.75, 3.05) is 25.0 Å². The second-order valence-electron chi connectivity index (χ2n) is 12.8. The first kappa shape index (κ1) is 30.6. The minimum Gasteiger partial charge on any atom is -0.438 e. The Bertz CT molecular complexity index is 1810. The van der Waals surface area contributed by atoms with Crippen LogP contribution in [0.3, 0.4) is 0 Å². The van der Waals surface area contributed by atoms with E-state index in [4.69, 9.17) is 19.4 Å². The average molecular weight is 626 g/mol. The number of hydrogen-bond acceptors (Lipinski definition) is 9. The number of pyridine rings is 1. The van der Waals surface area contributed by atoms with E-state index < -0.39 is 13.0 Å². The van der Waals surface area contributed by atoms with Crippen LogP contribution < -0.4 is 10.1 Å². The van der Waals surface area contributed by atoms with Gasteiger partial charge in [0.1, 0.15) is 12.5 Å². The Morgan fingerprint density at radius 2 is 1.82 bits per heavy atom. The molecule has 1 aliphatic heterocycles. The molecule has 1 N–H and O–H groups in total. The fourth-order valence-electron chi connectivity index (χ4n) is 5.40. The van der Waals surface area contributed by atoms with Gasteiger partial charge < -0.3 is 19.4 Å². The molecule has 6 rings (SSSR count). The van der Waals surface area contributed by atoms with Gasteiger partial charge in [0.05, 0.1) is 27.6 Å². The van der Waals surface area contributed by atoms with Crippen LogP contribution in [0.5, 0.6) is 11.6 Å². The van der Waals surface area contributed by atoms with Crippen LogP contribution in [-0.4, -0.2) is 57.1 Å². The Balaban J connectivity index is 1.27. The number of non-ortho nitro benzene ring substituents is 1. The van der Waals surface area contributed by atoms with E-state index >= 15 is 0 Å². The predicted molar refractivity (Wildman–Crippen MR) is 179 cm³/mol. The summed E-state index contributed by atoms with van der Waals surface area (Å²) in [5.41, 5.74) is 3.39. The van der Waals surface area contributed by atoms with E-state index in [9.17, 15) is 10.1 Å². The molecule has 1 fully saturated rings. The molecule has 0 unspecified atom stereocenters. The number of nitrogens with one attached hydrogen (secondary N) is 1. The van der Waals surface area contributed by atoms with Crippen LogP contribution >= 0.6 is 0 Å². The molecule has 3 aromatic heterocycles. The lowest BCUT2D eigenvalue weighted by molar-refractivity contribution is -0.384. The first-order valence-electron chi connectivity index (χ1n) is 15.5. The first-order chi connectivity index (χ1) is 21.7. The highest BCUT2D eigenvalue weighted by molar-refractivity contribution is 6.76. The molecule has 5 aromatic rings. The number of nitro benzene ring substituents is 1. The third kappa shape index (κ3) is 7.83. The number of likely N-dealkylation sites (tertiary alicyclic amines) is 1. The third-order valence-corrected chi connectivity index (χ3v) is 9.59. The summed E-state index contributed by atoms with van der Waals surface area (Å²) in [6.45, 7) is 11.1. The fourth-order valence-corrected chi connectivity index (χ4v) is 6.15. The van der Waals surface area contributed by atoms with Gasteiger partial charge in [-0.25, -0.2) is 0 Å². The van der Waals surface area contributed by atoms with Crippen molar-refractivity contribution in [3.63, 3.8) is 0 Å². The summed E-state index contributed by atoms with van der Waals surface area (Å²) in [6.07, 6.45) is 5.71. The molecule has 0 spiro atoms. The summed E-state index contributed by atoms with van der Waals surface area (Å²) in [7, 11) is -1.23. The van der Waals surface area contributed by atoms with E-state index in [2.05, 4.69) is 47.0 Å². The predicted octanol–water partition coefficient (Wildman–Crippen LogP) is 7.72. The van der Waals surface area contributed by atoms with Crippen LogP contribution in [0, 0.1) is 10.1 Å². The molecule has 12 heteroatoms. The second kappa shape index (κ2) is 13.3. The second-order valence-corrected chi connectivity index (χ2v) is 18.4. The minimum absolute atomic E-state index is 0.0617. The largest absolute Gasteiger partial charge is 0.438 e. The number of anilines is 2. The van der Waals surface area contributed by atoms with Crippen LogP contribution in [0.1, 0.15) is 25.0 Å². The number of nitro groups is 1. The standard InChI is InChI=1S/C33H39N7O4Si/c1-45(2,3)19-18-43-23-39-17-14-29-31(39)36-33(37-32(29)44-28-9-7-8-27(21-28)40(41)42)35-25-12-13-30-24(20-25)10-11-26(34-30)22-38-15-5-4-6-16-38/h7-14,17,20-21H,4-6,15-16,18-19,22-23H2,1-3H3,(H,35,36,37). The highest BCUT2D eigenvalue weighted by Gasteiger charge is 2.17. The third-order valence-electron chi connectivity index (χ3n) is 7.89. The van der Waals surface area contributed by atoms with Gasteiger partial charge >= 0.3 is 0 Å². The molecule has 1 aliphatic rings. The normalized spacial score (nSPS) is 14.2. The molecule has 0 amide bonds. The number of aromatic nitrogens is 4. The number of rotatable bonds is 12. The van der Waals surface area contributed by atoms with Crippen LogP contribution in [0.2, 0.25) is 25.7 Å². The Morgan fingerprint density at radius 1 is 0.978 bits per heavy atom. The Hall–Kier alpha value is -4.39. The van der Waals surface area contributed by atoms with E-state index in [1.54, 1.807) is 12.1 Å². The Labute approximate surface area is 263 Å². The van der Waals surface area contributed by atoms with Crippen molar-refractivity contribution in [1.82, 2.24) is 24.4 Å². The lowest BCUT2D eigenvalue weighted by Gasteiger charge is -2.26. The zero-order valence-corrected chi connectivity index (χ0v) is 27.0. The topological polar surface area (TPSA) is 120 Å². The van der Waals surface area contributed by atoms with Gasteiger partial charge in [-0.1, -0.05) is 38.2 Å². The maximum absolute atomic E-state index is 11.4. The molecule has 2 aromatic carbocycles. The van der Waals surface area contributed by atoms with Gasteiger partial charge in [0.15, 0.2) is 5.65 Å². The molecule has 0 bridgehead atoms. The molecule has 0 aliphatic carbocycles. The lowest BCUT2D eigenvalue weighted by atomic mass is 10.1. The molecule has 0 radical (unpaired) electrons. The van der Waals surface area contributed by atoms with Crippen molar-refractivity contribution in [1.29, 1.82) is 0 Å². The van der Waals surface area contributed by atoms with Crippen LogP contribution in [0.15, 0.2) is 66.9 Å². The summed E-state index contributed by atoms with van der Waals surface area (Å²) in [5.74, 6) is 0.930. The van der Waals surface area contributed by atoms with Gasteiger partial charge in [-0.15, -0.1) is 0 Å². The maximum atomic E-state index is 11.4. The molecule has 45 heavy (non-hydrogen) atoms. The van der Waals surface area contributed by atoms with E-state index in [1.807, 2.05) is 35.0 Å². The quantitative estimate of drug-likeness (QED) is 0.0643. The van der Waals surface area contributed by atoms with E-state index in [-0.39, 0.29) is 11.6 Å². The van der Waals surface area contributed by atoms with Crippen molar-refractivity contribution < 1.29 is 14.4 Å². The number of benzene rings is 2. The monoisotopic (exact) mass is 625 g/mol. The Morgan fingerprint density at radius 3 is 2.62 bits per heavy atom. The fraction of sp³-hybridized carbons (Fsp3) is 0.364. The van der Waals surface area contributed by atoms with Crippen molar-refractivity contribution in [2.24, 2.45) is 0 Å². The zero-order chi connectivity index (χ0) is 31.4. The molecule has 0 atom stereocenters. The number of fused-ring (bicyclic) bond motifs is 2.